The average molecular weight is 311 g/mol. The number of aliphatic hydroxyl groups is 1. The zero-order chi connectivity index (χ0) is 15.6. The monoisotopic (exact) mass is 310 g/mol. The predicted octanol–water partition coefficient (Wildman–Crippen LogP) is 4.10. The highest BCUT2D eigenvalue weighted by atomic mass is 35.5. The van der Waals surface area contributed by atoms with E-state index in [1.165, 1.54) is 12.1 Å². The summed E-state index contributed by atoms with van der Waals surface area (Å²) < 4.78 is 14.8. The Morgan fingerprint density at radius 1 is 1.33 bits per heavy atom. The number of aromatic nitrogens is 2. The summed E-state index contributed by atoms with van der Waals surface area (Å²) in [7, 11) is 0. The van der Waals surface area contributed by atoms with Gasteiger partial charge in [0.05, 0.1) is 16.9 Å². The summed E-state index contributed by atoms with van der Waals surface area (Å²) in [6, 6.07) is 6.17. The van der Waals surface area contributed by atoms with Crippen molar-refractivity contribution in [2.75, 3.05) is 0 Å². The van der Waals surface area contributed by atoms with Crippen molar-refractivity contribution in [3.63, 3.8) is 0 Å². The van der Waals surface area contributed by atoms with Crippen LogP contribution < -0.4 is 0 Å². The fraction of sp³-hybridized carbons (Fsp3) is 0.438. The van der Waals surface area contributed by atoms with Gasteiger partial charge in [0.2, 0.25) is 0 Å². The average Bonchev–Trinajstić information content (AvgIpc) is 2.80. The smallest absolute Gasteiger partial charge is 0.123 e. The molecule has 2 rings (SSSR count). The Kier molecular flexibility index (Phi) is 4.69. The number of nitrogens with zero attached hydrogens (tertiary/aromatic N) is 2. The van der Waals surface area contributed by atoms with E-state index in [2.05, 4.69) is 5.10 Å². The first-order valence-electron chi connectivity index (χ1n) is 7.03. The van der Waals surface area contributed by atoms with Gasteiger partial charge in [0.15, 0.2) is 0 Å². The van der Waals surface area contributed by atoms with Crippen LogP contribution in [0.15, 0.2) is 30.5 Å². The van der Waals surface area contributed by atoms with Crippen LogP contribution in [-0.2, 0) is 12.0 Å². The second kappa shape index (κ2) is 6.16. The van der Waals surface area contributed by atoms with E-state index in [1.54, 1.807) is 23.0 Å². The molecule has 1 atom stereocenters. The first-order valence-corrected chi connectivity index (χ1v) is 7.41. The molecule has 3 nitrogen and oxygen atoms in total. The first kappa shape index (κ1) is 16.0. The predicted molar refractivity (Wildman–Crippen MR) is 81.9 cm³/mol. The molecule has 1 unspecified atom stereocenters. The molecule has 2 aromatic rings. The van der Waals surface area contributed by atoms with Crippen molar-refractivity contribution in [3.05, 3.63) is 52.6 Å². The zero-order valence-electron chi connectivity index (χ0n) is 12.5. The molecule has 1 aromatic carbocycles. The Balaban J connectivity index is 2.40. The summed E-state index contributed by atoms with van der Waals surface area (Å²) in [5, 5.41) is 15.5. The van der Waals surface area contributed by atoms with Crippen LogP contribution in [0, 0.1) is 5.82 Å². The highest BCUT2D eigenvalue weighted by Crippen LogP contribution is 2.39. The van der Waals surface area contributed by atoms with Crippen LogP contribution in [0.1, 0.15) is 44.6 Å². The van der Waals surface area contributed by atoms with Gasteiger partial charge in [-0.3, -0.25) is 4.68 Å². The number of hydrogen-bond acceptors (Lipinski definition) is 2. The van der Waals surface area contributed by atoms with E-state index in [0.717, 1.165) is 12.0 Å². The number of rotatable bonds is 5. The summed E-state index contributed by atoms with van der Waals surface area (Å²) in [6.07, 6.45) is 1.62. The number of hydrogen-bond donors (Lipinski definition) is 1. The van der Waals surface area contributed by atoms with Crippen molar-refractivity contribution < 1.29 is 9.50 Å². The van der Waals surface area contributed by atoms with Gasteiger partial charge in [-0.05, 0) is 24.1 Å². The van der Waals surface area contributed by atoms with E-state index in [-0.39, 0.29) is 5.82 Å². The molecule has 1 heterocycles. The molecule has 5 heteroatoms. The molecule has 21 heavy (non-hydrogen) atoms. The molecule has 1 N–H and O–H groups in total. The van der Waals surface area contributed by atoms with Gasteiger partial charge < -0.3 is 5.11 Å². The molecule has 0 fully saturated rings. The van der Waals surface area contributed by atoms with E-state index in [9.17, 15) is 9.50 Å². The summed E-state index contributed by atoms with van der Waals surface area (Å²) in [4.78, 5) is 0. The van der Waals surface area contributed by atoms with Gasteiger partial charge in [0, 0.05) is 12.0 Å². The van der Waals surface area contributed by atoms with Crippen molar-refractivity contribution in [3.8, 4) is 0 Å². The summed E-state index contributed by atoms with van der Waals surface area (Å²) in [6.45, 7) is 6.55. The lowest BCUT2D eigenvalue weighted by Crippen LogP contribution is -2.29. The minimum atomic E-state index is -0.829. The number of benzene rings is 1. The molecule has 1 aromatic heterocycles. The molecule has 0 amide bonds. The fourth-order valence-electron chi connectivity index (χ4n) is 2.41. The maximum atomic E-state index is 13.1. The molecular formula is C16H20ClFN2O. The largest absolute Gasteiger partial charge is 0.386 e. The fourth-order valence-corrected chi connectivity index (χ4v) is 2.66. The minimum absolute atomic E-state index is 0.293. The van der Waals surface area contributed by atoms with Crippen molar-refractivity contribution in [1.82, 2.24) is 9.78 Å². The molecule has 0 bridgehead atoms. The van der Waals surface area contributed by atoms with Crippen LogP contribution >= 0.6 is 11.6 Å². The van der Waals surface area contributed by atoms with Crippen LogP contribution in [0.3, 0.4) is 0 Å². The van der Waals surface area contributed by atoms with Gasteiger partial charge in [-0.1, -0.05) is 44.5 Å². The maximum absolute atomic E-state index is 13.1. The lowest BCUT2D eigenvalue weighted by Gasteiger charge is -2.31. The first-order chi connectivity index (χ1) is 9.87. The minimum Gasteiger partial charge on any atom is -0.386 e. The van der Waals surface area contributed by atoms with Gasteiger partial charge in [-0.2, -0.15) is 5.10 Å². The molecular weight excluding hydrogens is 291 g/mol. The molecule has 114 valence electrons. The van der Waals surface area contributed by atoms with Gasteiger partial charge in [-0.15, -0.1) is 0 Å². The third kappa shape index (κ3) is 3.11. The van der Waals surface area contributed by atoms with Crippen LogP contribution in [-0.4, -0.2) is 14.9 Å². The Labute approximate surface area is 129 Å². The summed E-state index contributed by atoms with van der Waals surface area (Å²) in [5.41, 5.74) is 0.840. The molecule has 0 aliphatic carbocycles. The Morgan fingerprint density at radius 2 is 1.95 bits per heavy atom. The summed E-state index contributed by atoms with van der Waals surface area (Å²) in [5.74, 6) is -0.293. The van der Waals surface area contributed by atoms with Crippen molar-refractivity contribution in [1.29, 1.82) is 0 Å². The molecule has 0 aliphatic rings. The van der Waals surface area contributed by atoms with Crippen molar-refractivity contribution in [2.24, 2.45) is 0 Å². The Morgan fingerprint density at radius 3 is 2.52 bits per heavy atom. The number of aryl methyl sites for hydroxylation is 1. The maximum Gasteiger partial charge on any atom is 0.123 e. The number of halogens is 2. The molecule has 0 spiro atoms. The van der Waals surface area contributed by atoms with Crippen LogP contribution in [0.5, 0.6) is 0 Å². The third-order valence-electron chi connectivity index (χ3n) is 3.80. The SMILES string of the molecule is CCCn1ncc(Cl)c1C(O)C(C)(C)c1ccc(F)cc1. The van der Waals surface area contributed by atoms with Gasteiger partial charge in [0.25, 0.3) is 0 Å². The third-order valence-corrected chi connectivity index (χ3v) is 4.09. The quantitative estimate of drug-likeness (QED) is 0.903. The van der Waals surface area contributed by atoms with E-state index in [4.69, 9.17) is 11.6 Å². The normalized spacial score (nSPS) is 13.4. The highest BCUT2D eigenvalue weighted by Gasteiger charge is 2.34. The van der Waals surface area contributed by atoms with Gasteiger partial charge in [-0.25, -0.2) is 4.39 Å². The van der Waals surface area contributed by atoms with E-state index >= 15 is 0 Å². The second-order valence-corrected chi connectivity index (χ2v) is 6.14. The van der Waals surface area contributed by atoms with Crippen molar-refractivity contribution >= 4 is 11.6 Å². The topological polar surface area (TPSA) is 38.0 Å². The highest BCUT2D eigenvalue weighted by molar-refractivity contribution is 6.31. The standard InChI is InChI=1S/C16H20ClFN2O/c1-4-9-20-14(13(17)10-19-20)15(21)16(2,3)11-5-7-12(18)8-6-11/h5-8,10,15,21H,4,9H2,1-3H3. The summed E-state index contributed by atoms with van der Waals surface area (Å²) >= 11 is 6.19. The molecule has 0 aliphatic heterocycles. The van der Waals surface area contributed by atoms with Crippen LogP contribution in [0.4, 0.5) is 4.39 Å². The van der Waals surface area contributed by atoms with E-state index < -0.39 is 11.5 Å². The van der Waals surface area contributed by atoms with Crippen molar-refractivity contribution in [2.45, 2.75) is 45.3 Å². The Hall–Kier alpha value is -1.39. The molecule has 0 saturated heterocycles. The van der Waals surface area contributed by atoms with E-state index in [1.807, 2.05) is 20.8 Å². The van der Waals surface area contributed by atoms with Crippen LogP contribution in [0.25, 0.3) is 0 Å². The zero-order valence-corrected chi connectivity index (χ0v) is 13.2. The number of aliphatic hydroxyl groups excluding tert-OH is 1. The molecule has 0 radical (unpaired) electrons. The van der Waals surface area contributed by atoms with Gasteiger partial charge in [0.1, 0.15) is 11.9 Å². The second-order valence-electron chi connectivity index (χ2n) is 5.73. The lowest BCUT2D eigenvalue weighted by molar-refractivity contribution is 0.0910. The van der Waals surface area contributed by atoms with Crippen LogP contribution in [0.2, 0.25) is 5.02 Å². The van der Waals surface area contributed by atoms with Gasteiger partial charge >= 0.3 is 0 Å². The van der Waals surface area contributed by atoms with E-state index in [0.29, 0.717) is 17.3 Å². The lowest BCUT2D eigenvalue weighted by atomic mass is 9.78. The Bertz CT molecular complexity index is 607. The molecule has 0 saturated carbocycles.